The van der Waals surface area contributed by atoms with E-state index >= 15 is 0 Å². The van der Waals surface area contributed by atoms with Crippen molar-refractivity contribution in [2.75, 3.05) is 56.4 Å². The number of nitrogens with zero attached hydrogens (tertiary/aromatic N) is 5. The molecular weight excluding hydrogens is 379 g/mol. The second kappa shape index (κ2) is 10.0. The maximum Gasteiger partial charge on any atom is 0.153 e. The number of piperazine rings is 1. The van der Waals surface area contributed by atoms with E-state index in [2.05, 4.69) is 31.2 Å². The molecule has 1 aromatic rings. The number of rotatable bonds is 7. The zero-order valence-corrected chi connectivity index (χ0v) is 16.9. The quantitative estimate of drug-likeness (QED) is 0.702. The minimum Gasteiger partial charge on any atom is -0.382 e. The maximum absolute atomic E-state index is 12.6. The molecule has 0 spiro atoms. The molecular formula is C20H28ClFN6. The van der Waals surface area contributed by atoms with Gasteiger partial charge >= 0.3 is 0 Å². The van der Waals surface area contributed by atoms with E-state index in [1.807, 2.05) is 12.2 Å². The predicted octanol–water partition coefficient (Wildman–Crippen LogP) is 2.89. The van der Waals surface area contributed by atoms with Crippen LogP contribution in [0.1, 0.15) is 12.8 Å². The summed E-state index contributed by atoms with van der Waals surface area (Å²) < 4.78 is 12.6. The number of hydrogen-bond donors (Lipinski definition) is 1. The van der Waals surface area contributed by atoms with E-state index in [0.29, 0.717) is 23.0 Å². The number of nitrogen functional groups attached to an aromatic ring is 1. The summed E-state index contributed by atoms with van der Waals surface area (Å²) >= 11 is 6.29. The topological polar surface area (TPSA) is 61.5 Å². The molecule has 3 heterocycles. The van der Waals surface area contributed by atoms with E-state index in [1.54, 1.807) is 0 Å². The van der Waals surface area contributed by atoms with E-state index in [1.165, 1.54) is 25.2 Å². The zero-order valence-electron chi connectivity index (χ0n) is 16.1. The molecule has 1 unspecified atom stereocenters. The molecule has 0 amide bonds. The van der Waals surface area contributed by atoms with E-state index < -0.39 is 0 Å². The average molecular weight is 407 g/mol. The second-order valence-corrected chi connectivity index (χ2v) is 7.51. The van der Waals surface area contributed by atoms with Crippen molar-refractivity contribution >= 4 is 23.2 Å². The van der Waals surface area contributed by atoms with E-state index in [4.69, 9.17) is 17.3 Å². The molecule has 6 nitrogen and oxygen atoms in total. The van der Waals surface area contributed by atoms with Crippen LogP contribution < -0.4 is 10.6 Å². The smallest absolute Gasteiger partial charge is 0.153 e. The molecule has 0 aliphatic carbocycles. The molecule has 2 N–H and O–H groups in total. The van der Waals surface area contributed by atoms with Gasteiger partial charge in [0.25, 0.3) is 0 Å². The Morgan fingerprint density at radius 1 is 1.21 bits per heavy atom. The second-order valence-electron chi connectivity index (χ2n) is 7.13. The Morgan fingerprint density at radius 2 is 1.93 bits per heavy atom. The van der Waals surface area contributed by atoms with Crippen LogP contribution in [0.3, 0.4) is 0 Å². The van der Waals surface area contributed by atoms with Gasteiger partial charge in [0.2, 0.25) is 0 Å². The van der Waals surface area contributed by atoms with E-state index in [9.17, 15) is 4.39 Å². The average Bonchev–Trinajstić information content (AvgIpc) is 3.23. The molecule has 0 saturated carbocycles. The number of anilines is 2. The lowest BCUT2D eigenvalue weighted by Crippen LogP contribution is -2.54. The minimum absolute atomic E-state index is 0.180. The number of nitrogens with two attached hydrogens (primary N) is 1. The van der Waals surface area contributed by atoms with Crippen molar-refractivity contribution in [1.82, 2.24) is 19.8 Å². The molecule has 28 heavy (non-hydrogen) atoms. The summed E-state index contributed by atoms with van der Waals surface area (Å²) in [5, 5.41) is 0.407. The molecule has 0 bridgehead atoms. The number of halogens is 2. The van der Waals surface area contributed by atoms with Gasteiger partial charge in [-0.25, -0.2) is 14.4 Å². The van der Waals surface area contributed by atoms with Gasteiger partial charge in [0.05, 0.1) is 6.33 Å². The van der Waals surface area contributed by atoms with Gasteiger partial charge in [-0.05, 0) is 37.6 Å². The normalized spacial score (nSPS) is 20.8. The van der Waals surface area contributed by atoms with Crippen LogP contribution in [-0.2, 0) is 0 Å². The van der Waals surface area contributed by atoms with E-state index in [0.717, 1.165) is 51.4 Å². The molecule has 1 aromatic heterocycles. The molecule has 0 radical (unpaired) electrons. The Bertz CT molecular complexity index is 723. The first-order chi connectivity index (χ1) is 13.6. The van der Waals surface area contributed by atoms with Crippen molar-refractivity contribution in [3.8, 4) is 0 Å². The van der Waals surface area contributed by atoms with Crippen LogP contribution in [0.4, 0.5) is 16.0 Å². The Labute approximate surface area is 171 Å². The van der Waals surface area contributed by atoms with Gasteiger partial charge in [0, 0.05) is 38.8 Å². The fraction of sp³-hybridized carbons (Fsp3) is 0.500. The number of likely N-dealkylation sites (tertiary alicyclic amines) is 1. The van der Waals surface area contributed by atoms with Crippen LogP contribution in [0.5, 0.6) is 0 Å². The van der Waals surface area contributed by atoms with Crippen LogP contribution in [0.2, 0.25) is 5.02 Å². The molecule has 3 rings (SSSR count). The summed E-state index contributed by atoms with van der Waals surface area (Å²) in [4.78, 5) is 15.3. The first-order valence-electron chi connectivity index (χ1n) is 9.70. The first-order valence-corrected chi connectivity index (χ1v) is 10.1. The predicted molar refractivity (Wildman–Crippen MR) is 113 cm³/mol. The highest BCUT2D eigenvalue weighted by atomic mass is 35.5. The van der Waals surface area contributed by atoms with Gasteiger partial charge in [0.1, 0.15) is 17.2 Å². The highest BCUT2D eigenvalue weighted by Crippen LogP contribution is 2.28. The van der Waals surface area contributed by atoms with Gasteiger partial charge in [-0.15, -0.1) is 0 Å². The third kappa shape index (κ3) is 4.90. The monoisotopic (exact) mass is 406 g/mol. The standard InChI is InChI=1S/C20H28ClFN6/c1-2-16(6-5-7-22)17(14-26-8-3-4-9-26)27-10-12-28(13-11-27)20-18(21)19(23)24-15-25-20/h2,5-7,15,17H,1,3-4,8-14H2,(H2,23,24,25)/b7-5+,16-6+. The zero-order chi connectivity index (χ0) is 19.9. The first kappa shape index (κ1) is 20.8. The summed E-state index contributed by atoms with van der Waals surface area (Å²) in [5.41, 5.74) is 6.86. The van der Waals surface area contributed by atoms with Crippen molar-refractivity contribution in [3.05, 3.63) is 48.1 Å². The summed E-state index contributed by atoms with van der Waals surface area (Å²) in [6, 6.07) is 0.180. The van der Waals surface area contributed by atoms with Crippen molar-refractivity contribution in [1.29, 1.82) is 0 Å². The van der Waals surface area contributed by atoms with Gasteiger partial charge in [-0.3, -0.25) is 4.90 Å². The van der Waals surface area contributed by atoms with Gasteiger partial charge in [-0.2, -0.15) is 0 Å². The van der Waals surface area contributed by atoms with Gasteiger partial charge in [-0.1, -0.05) is 30.3 Å². The van der Waals surface area contributed by atoms with Crippen LogP contribution >= 0.6 is 11.6 Å². The SMILES string of the molecule is C=C/C(=C\C=C\F)C(CN1CCCC1)N1CCN(c2ncnc(N)c2Cl)CC1. The molecule has 1 atom stereocenters. The molecule has 2 aliphatic rings. The van der Waals surface area contributed by atoms with Crippen molar-refractivity contribution in [3.63, 3.8) is 0 Å². The maximum atomic E-state index is 12.6. The Hall–Kier alpha value is -1.96. The summed E-state index contributed by atoms with van der Waals surface area (Å²) in [7, 11) is 0. The van der Waals surface area contributed by atoms with E-state index in [-0.39, 0.29) is 6.04 Å². The van der Waals surface area contributed by atoms with Crippen molar-refractivity contribution < 1.29 is 4.39 Å². The van der Waals surface area contributed by atoms with Crippen LogP contribution in [0.15, 0.2) is 43.0 Å². The lowest BCUT2D eigenvalue weighted by Gasteiger charge is -2.41. The largest absolute Gasteiger partial charge is 0.382 e. The fourth-order valence-electron chi connectivity index (χ4n) is 3.94. The van der Waals surface area contributed by atoms with Gasteiger partial charge < -0.3 is 15.5 Å². The lowest BCUT2D eigenvalue weighted by molar-refractivity contribution is 0.166. The fourth-order valence-corrected chi connectivity index (χ4v) is 4.16. The highest BCUT2D eigenvalue weighted by Gasteiger charge is 2.29. The number of allylic oxidation sites excluding steroid dienone is 2. The molecule has 152 valence electrons. The van der Waals surface area contributed by atoms with Crippen LogP contribution in [0.25, 0.3) is 0 Å². The number of aromatic nitrogens is 2. The molecule has 8 heteroatoms. The summed E-state index contributed by atoms with van der Waals surface area (Å²) in [6.45, 7) is 10.4. The summed E-state index contributed by atoms with van der Waals surface area (Å²) in [5.74, 6) is 0.987. The van der Waals surface area contributed by atoms with Crippen LogP contribution in [0, 0.1) is 0 Å². The minimum atomic E-state index is 0.180. The molecule has 2 fully saturated rings. The lowest BCUT2D eigenvalue weighted by atomic mass is 10.0. The van der Waals surface area contributed by atoms with Crippen molar-refractivity contribution in [2.45, 2.75) is 18.9 Å². The Morgan fingerprint density at radius 3 is 2.57 bits per heavy atom. The number of hydrogen-bond acceptors (Lipinski definition) is 6. The Balaban J connectivity index is 1.72. The molecule has 0 aromatic carbocycles. The Kier molecular flexibility index (Phi) is 7.42. The van der Waals surface area contributed by atoms with Gasteiger partial charge in [0.15, 0.2) is 5.82 Å². The van der Waals surface area contributed by atoms with Crippen molar-refractivity contribution in [2.24, 2.45) is 0 Å². The third-order valence-corrected chi connectivity index (χ3v) is 5.83. The molecule has 2 saturated heterocycles. The van der Waals surface area contributed by atoms with Crippen LogP contribution in [-0.4, -0.2) is 71.6 Å². The molecule has 2 aliphatic heterocycles. The summed E-state index contributed by atoms with van der Waals surface area (Å²) in [6.07, 6.45) is 9.60. The third-order valence-electron chi connectivity index (χ3n) is 5.46. The highest BCUT2D eigenvalue weighted by molar-refractivity contribution is 6.35.